The molecule has 0 aliphatic carbocycles. The van der Waals surface area contributed by atoms with Gasteiger partial charge >= 0.3 is 0 Å². The molecule has 2 nitrogen and oxygen atoms in total. The Hall–Kier alpha value is -2.61. The number of para-hydroxylation sites is 2. The van der Waals surface area contributed by atoms with Gasteiger partial charge in [-0.3, -0.25) is 4.99 Å². The van der Waals surface area contributed by atoms with Crippen LogP contribution in [0.3, 0.4) is 0 Å². The highest BCUT2D eigenvalue weighted by molar-refractivity contribution is 6.20. The van der Waals surface area contributed by atoms with Gasteiger partial charge in [-0.1, -0.05) is 36.4 Å². The maximum absolute atomic E-state index is 4.43. The molecule has 2 heterocycles. The van der Waals surface area contributed by atoms with Crippen molar-refractivity contribution < 1.29 is 0 Å². The fraction of sp³-hybridized carbons (Fsp3) is 0. The summed E-state index contributed by atoms with van der Waals surface area (Å²) in [6.45, 7) is 0. The van der Waals surface area contributed by atoms with Crippen LogP contribution in [0.1, 0.15) is 5.56 Å². The van der Waals surface area contributed by atoms with E-state index in [1.807, 2.05) is 18.3 Å². The number of hydrogen-bond donors (Lipinski definition) is 0. The smallest absolute Gasteiger partial charge is 0.0709 e. The first-order chi connectivity index (χ1) is 9.42. The van der Waals surface area contributed by atoms with E-state index in [1.54, 1.807) is 0 Å². The second-order valence-electron chi connectivity index (χ2n) is 4.64. The minimum atomic E-state index is 1.05. The Morgan fingerprint density at radius 2 is 1.74 bits per heavy atom. The average Bonchev–Trinajstić information content (AvgIpc) is 3.05. The van der Waals surface area contributed by atoms with Crippen molar-refractivity contribution in [3.63, 3.8) is 0 Å². The molecule has 0 unspecified atom stereocenters. The second kappa shape index (κ2) is 3.95. The number of aliphatic imine (C=N–C) groups is 1. The van der Waals surface area contributed by atoms with E-state index in [2.05, 4.69) is 64.4 Å². The zero-order valence-corrected chi connectivity index (χ0v) is 10.3. The molecule has 0 radical (unpaired) electrons. The SMILES string of the molecule is C1=Nc2ccccc2C1=Cn1ccc2ccccc21. The number of nitrogens with zero attached hydrogens (tertiary/aromatic N) is 2. The highest BCUT2D eigenvalue weighted by Crippen LogP contribution is 2.31. The predicted molar refractivity (Wildman–Crippen MR) is 80.7 cm³/mol. The van der Waals surface area contributed by atoms with E-state index in [4.69, 9.17) is 0 Å². The Morgan fingerprint density at radius 1 is 0.895 bits per heavy atom. The summed E-state index contributed by atoms with van der Waals surface area (Å²) in [5.74, 6) is 0. The van der Waals surface area contributed by atoms with Gasteiger partial charge in [0, 0.05) is 29.7 Å². The van der Waals surface area contributed by atoms with Crippen molar-refractivity contribution in [2.75, 3.05) is 0 Å². The molecule has 0 spiro atoms. The van der Waals surface area contributed by atoms with Gasteiger partial charge in [0.25, 0.3) is 0 Å². The highest BCUT2D eigenvalue weighted by atomic mass is 14.9. The van der Waals surface area contributed by atoms with Crippen molar-refractivity contribution in [2.45, 2.75) is 0 Å². The molecule has 0 amide bonds. The molecule has 4 rings (SSSR count). The first-order valence-corrected chi connectivity index (χ1v) is 6.33. The van der Waals surface area contributed by atoms with E-state index in [1.165, 1.54) is 16.5 Å². The van der Waals surface area contributed by atoms with Gasteiger partial charge in [-0.2, -0.15) is 0 Å². The fourth-order valence-corrected chi connectivity index (χ4v) is 2.51. The zero-order valence-electron chi connectivity index (χ0n) is 10.3. The molecule has 3 aromatic rings. The summed E-state index contributed by atoms with van der Waals surface area (Å²) in [5, 5.41) is 1.25. The third kappa shape index (κ3) is 1.61. The van der Waals surface area contributed by atoms with Crippen molar-refractivity contribution >= 4 is 34.6 Å². The molecule has 90 valence electrons. The molecule has 0 N–H and O–H groups in total. The molecule has 19 heavy (non-hydrogen) atoms. The van der Waals surface area contributed by atoms with Crippen molar-refractivity contribution in [1.29, 1.82) is 0 Å². The maximum Gasteiger partial charge on any atom is 0.0709 e. The van der Waals surface area contributed by atoms with Gasteiger partial charge in [0.1, 0.15) is 0 Å². The lowest BCUT2D eigenvalue weighted by Crippen LogP contribution is -1.87. The lowest BCUT2D eigenvalue weighted by molar-refractivity contribution is 1.23. The Kier molecular flexibility index (Phi) is 2.15. The second-order valence-corrected chi connectivity index (χ2v) is 4.64. The first-order valence-electron chi connectivity index (χ1n) is 6.33. The predicted octanol–water partition coefficient (Wildman–Crippen LogP) is 4.36. The van der Waals surface area contributed by atoms with Gasteiger partial charge in [0.05, 0.1) is 11.2 Å². The Morgan fingerprint density at radius 3 is 2.74 bits per heavy atom. The largest absolute Gasteiger partial charge is 0.323 e. The Balaban J connectivity index is 1.88. The summed E-state index contributed by atoms with van der Waals surface area (Å²) in [5.41, 5.74) is 4.61. The van der Waals surface area contributed by atoms with Crippen LogP contribution in [0, 0.1) is 0 Å². The fourth-order valence-electron chi connectivity index (χ4n) is 2.51. The molecular formula is C17H12N2. The van der Waals surface area contributed by atoms with E-state index in [-0.39, 0.29) is 0 Å². The average molecular weight is 244 g/mol. The number of rotatable bonds is 1. The number of fused-ring (bicyclic) bond motifs is 2. The normalized spacial score (nSPS) is 15.3. The molecule has 2 heteroatoms. The van der Waals surface area contributed by atoms with Crippen LogP contribution < -0.4 is 0 Å². The number of allylic oxidation sites excluding steroid dienone is 1. The van der Waals surface area contributed by atoms with Crippen molar-refractivity contribution in [2.24, 2.45) is 4.99 Å². The van der Waals surface area contributed by atoms with Crippen molar-refractivity contribution in [1.82, 2.24) is 4.57 Å². The lowest BCUT2D eigenvalue weighted by atomic mass is 10.1. The van der Waals surface area contributed by atoms with Gasteiger partial charge in [-0.15, -0.1) is 0 Å². The van der Waals surface area contributed by atoms with Gasteiger partial charge in [-0.05, 0) is 23.6 Å². The van der Waals surface area contributed by atoms with E-state index >= 15 is 0 Å². The molecular weight excluding hydrogens is 232 g/mol. The molecule has 0 atom stereocenters. The summed E-state index contributed by atoms with van der Waals surface area (Å²) in [6, 6.07) is 18.7. The van der Waals surface area contributed by atoms with E-state index in [0.717, 1.165) is 11.3 Å². The van der Waals surface area contributed by atoms with Crippen molar-refractivity contribution in [3.05, 3.63) is 66.4 Å². The summed E-state index contributed by atoms with van der Waals surface area (Å²) < 4.78 is 2.15. The molecule has 0 saturated heterocycles. The molecule has 0 fully saturated rings. The number of aromatic nitrogens is 1. The molecule has 2 aromatic carbocycles. The van der Waals surface area contributed by atoms with Crippen LogP contribution in [0.5, 0.6) is 0 Å². The summed E-state index contributed by atoms with van der Waals surface area (Å²) in [7, 11) is 0. The zero-order chi connectivity index (χ0) is 12.7. The van der Waals surface area contributed by atoms with E-state index in [0.29, 0.717) is 0 Å². The van der Waals surface area contributed by atoms with Crippen LogP contribution in [-0.4, -0.2) is 10.8 Å². The lowest BCUT2D eigenvalue weighted by Gasteiger charge is -2.01. The highest BCUT2D eigenvalue weighted by Gasteiger charge is 2.11. The molecule has 1 aliphatic heterocycles. The van der Waals surface area contributed by atoms with Crippen LogP contribution in [0.2, 0.25) is 0 Å². The van der Waals surface area contributed by atoms with Gasteiger partial charge in [0.15, 0.2) is 0 Å². The van der Waals surface area contributed by atoms with Crippen LogP contribution in [0.15, 0.2) is 65.8 Å². The Bertz CT molecular complexity index is 822. The number of benzene rings is 2. The van der Waals surface area contributed by atoms with Gasteiger partial charge in [-0.25, -0.2) is 0 Å². The monoisotopic (exact) mass is 244 g/mol. The number of hydrogen-bond acceptors (Lipinski definition) is 1. The van der Waals surface area contributed by atoms with E-state index < -0.39 is 0 Å². The van der Waals surface area contributed by atoms with Gasteiger partial charge < -0.3 is 4.57 Å². The molecule has 0 bridgehead atoms. The van der Waals surface area contributed by atoms with Crippen LogP contribution >= 0.6 is 0 Å². The summed E-state index contributed by atoms with van der Waals surface area (Å²) >= 11 is 0. The standard InChI is InChI=1S/C17H12N2/c1-4-8-17-13(5-1)9-10-19(17)12-14-11-18-16-7-3-2-6-15(14)16/h1-12H. The third-order valence-electron chi connectivity index (χ3n) is 3.47. The van der Waals surface area contributed by atoms with Crippen molar-refractivity contribution in [3.8, 4) is 0 Å². The first kappa shape index (κ1) is 10.3. The quantitative estimate of drug-likeness (QED) is 0.605. The minimum Gasteiger partial charge on any atom is -0.323 e. The van der Waals surface area contributed by atoms with Gasteiger partial charge in [0.2, 0.25) is 0 Å². The summed E-state index contributed by atoms with van der Waals surface area (Å²) in [6.07, 6.45) is 6.16. The topological polar surface area (TPSA) is 17.3 Å². The molecule has 1 aromatic heterocycles. The van der Waals surface area contributed by atoms with Crippen LogP contribution in [0.25, 0.3) is 22.7 Å². The van der Waals surface area contributed by atoms with Crippen LogP contribution in [0.4, 0.5) is 5.69 Å². The van der Waals surface area contributed by atoms with E-state index in [9.17, 15) is 0 Å². The maximum atomic E-state index is 4.43. The Labute approximate surface area is 111 Å². The molecule has 0 saturated carbocycles. The third-order valence-corrected chi connectivity index (χ3v) is 3.47. The minimum absolute atomic E-state index is 1.05. The summed E-state index contributed by atoms with van der Waals surface area (Å²) in [4.78, 5) is 4.43. The molecule has 1 aliphatic rings. The van der Waals surface area contributed by atoms with Crippen LogP contribution in [-0.2, 0) is 0 Å².